The molecule has 10 heteroatoms. The second-order valence-electron chi connectivity index (χ2n) is 8.38. The topological polar surface area (TPSA) is 76.0 Å². The molecule has 2 amide bonds. The number of hydrazone groups is 1. The molecule has 1 saturated heterocycles. The molecule has 0 spiro atoms. The molecule has 1 saturated carbocycles. The molecule has 2 fully saturated rings. The van der Waals surface area contributed by atoms with Crippen LogP contribution in [0.4, 0.5) is 13.2 Å². The van der Waals surface area contributed by atoms with Crippen LogP contribution < -0.4 is 4.74 Å². The summed E-state index contributed by atoms with van der Waals surface area (Å²) in [5, 5.41) is 5.14. The Labute approximate surface area is 196 Å². The summed E-state index contributed by atoms with van der Waals surface area (Å²) in [6.07, 6.45) is 1.27. The zero-order valence-corrected chi connectivity index (χ0v) is 18.1. The summed E-state index contributed by atoms with van der Waals surface area (Å²) in [4.78, 5) is 38.1. The third-order valence-electron chi connectivity index (χ3n) is 6.36. The number of hydrogen-bond donors (Lipinski definition) is 0. The predicted octanol–water partition coefficient (Wildman–Crippen LogP) is 4.72. The fourth-order valence-electron chi connectivity index (χ4n) is 4.81. The number of rotatable bonds is 4. The first kappa shape index (κ1) is 22.3. The largest absolute Gasteiger partial charge is 0.422 e. The Morgan fingerprint density at radius 2 is 1.74 bits per heavy atom. The van der Waals surface area contributed by atoms with Crippen LogP contribution in [0.2, 0.25) is 5.02 Å². The van der Waals surface area contributed by atoms with Gasteiger partial charge < -0.3 is 4.74 Å². The van der Waals surface area contributed by atoms with E-state index in [1.807, 2.05) is 12.2 Å². The zero-order valence-electron chi connectivity index (χ0n) is 17.3. The number of allylic oxidation sites excluding steroid dienone is 2. The van der Waals surface area contributed by atoms with Crippen molar-refractivity contribution in [2.75, 3.05) is 0 Å². The first-order chi connectivity index (χ1) is 16.1. The van der Waals surface area contributed by atoms with E-state index in [2.05, 4.69) is 5.10 Å². The third kappa shape index (κ3) is 3.79. The van der Waals surface area contributed by atoms with Crippen LogP contribution in [0, 0.1) is 23.7 Å². The Morgan fingerprint density at radius 3 is 2.38 bits per heavy atom. The monoisotopic (exact) mass is 488 g/mol. The minimum atomic E-state index is -4.61. The van der Waals surface area contributed by atoms with Crippen molar-refractivity contribution in [2.45, 2.75) is 12.6 Å². The number of fused-ring (bicyclic) bond motifs is 5. The van der Waals surface area contributed by atoms with Gasteiger partial charge >= 0.3 is 12.1 Å². The van der Waals surface area contributed by atoms with E-state index in [9.17, 15) is 27.6 Å². The van der Waals surface area contributed by atoms with Gasteiger partial charge in [0.15, 0.2) is 0 Å². The van der Waals surface area contributed by atoms with Gasteiger partial charge in [-0.15, -0.1) is 0 Å². The average Bonchev–Trinajstić information content (AvgIpc) is 3.48. The number of ether oxygens (including phenoxy) is 1. The molecule has 6 nitrogen and oxygen atoms in total. The number of nitrogens with zero attached hydrogens (tertiary/aromatic N) is 2. The molecule has 3 aliphatic rings. The first-order valence-electron chi connectivity index (χ1n) is 10.4. The van der Waals surface area contributed by atoms with Crippen molar-refractivity contribution in [2.24, 2.45) is 28.8 Å². The van der Waals surface area contributed by atoms with Crippen molar-refractivity contribution in [3.63, 3.8) is 0 Å². The average molecular weight is 489 g/mol. The Balaban J connectivity index is 1.38. The minimum absolute atomic E-state index is 0.0294. The van der Waals surface area contributed by atoms with Crippen molar-refractivity contribution in [1.29, 1.82) is 0 Å². The van der Waals surface area contributed by atoms with Gasteiger partial charge in [-0.3, -0.25) is 9.59 Å². The molecule has 2 aliphatic carbocycles. The molecular formula is C24H16ClF3N2O4. The van der Waals surface area contributed by atoms with Gasteiger partial charge in [0.1, 0.15) is 5.75 Å². The molecular weight excluding hydrogens is 473 g/mol. The van der Waals surface area contributed by atoms with Crippen LogP contribution in [0.5, 0.6) is 5.75 Å². The molecule has 1 heterocycles. The van der Waals surface area contributed by atoms with Crippen molar-refractivity contribution < 1.29 is 32.3 Å². The van der Waals surface area contributed by atoms with Crippen LogP contribution in [-0.2, 0) is 15.8 Å². The summed E-state index contributed by atoms with van der Waals surface area (Å²) in [6, 6.07) is 8.01. The molecule has 4 atom stereocenters. The Hall–Kier alpha value is -3.46. The molecule has 2 aromatic rings. The van der Waals surface area contributed by atoms with E-state index in [4.69, 9.17) is 16.3 Å². The van der Waals surface area contributed by atoms with Gasteiger partial charge in [0.2, 0.25) is 0 Å². The molecule has 5 rings (SSSR count). The molecule has 2 aromatic carbocycles. The van der Waals surface area contributed by atoms with Crippen LogP contribution in [-0.4, -0.2) is 29.0 Å². The maximum Gasteiger partial charge on any atom is 0.416 e. The van der Waals surface area contributed by atoms with Crippen LogP contribution >= 0.6 is 11.6 Å². The molecule has 0 aromatic heterocycles. The lowest BCUT2D eigenvalue weighted by Crippen LogP contribution is -2.28. The lowest BCUT2D eigenvalue weighted by molar-refractivity contribution is -0.141. The number of carbonyl (C=O) groups is 3. The lowest BCUT2D eigenvalue weighted by Gasteiger charge is -2.13. The van der Waals surface area contributed by atoms with Crippen molar-refractivity contribution in [3.05, 3.63) is 76.3 Å². The van der Waals surface area contributed by atoms with Gasteiger partial charge in [-0.25, -0.2) is 4.79 Å². The van der Waals surface area contributed by atoms with Gasteiger partial charge in [-0.05, 0) is 54.7 Å². The van der Waals surface area contributed by atoms with Gasteiger partial charge in [0, 0.05) is 10.6 Å². The standard InChI is InChI=1S/C24H16ClF3N2O4/c25-17-6-7-18(34-23(33)14-2-1-3-16(9-14)24(26,27)28)15(10-17)11-29-30-21(31)19-12-4-5-13(8-12)20(19)22(30)32/h1-7,9-13,19-20H,8H2/t12-,13-,19-,20+/m0/s1. The maximum absolute atomic E-state index is 13.0. The molecule has 0 unspecified atom stereocenters. The summed E-state index contributed by atoms with van der Waals surface area (Å²) in [7, 11) is 0. The molecule has 0 radical (unpaired) electrons. The van der Waals surface area contributed by atoms with Gasteiger partial charge in [-0.2, -0.15) is 23.3 Å². The molecule has 174 valence electrons. The number of halogens is 4. The number of hydrogen-bond acceptors (Lipinski definition) is 5. The van der Waals surface area contributed by atoms with E-state index in [-0.39, 0.29) is 45.5 Å². The van der Waals surface area contributed by atoms with Gasteiger partial charge in [-0.1, -0.05) is 29.8 Å². The Kier molecular flexibility index (Phi) is 5.31. The predicted molar refractivity (Wildman–Crippen MR) is 115 cm³/mol. The van der Waals surface area contributed by atoms with E-state index in [0.717, 1.165) is 23.6 Å². The minimum Gasteiger partial charge on any atom is -0.422 e. The van der Waals surface area contributed by atoms with E-state index < -0.39 is 29.5 Å². The summed E-state index contributed by atoms with van der Waals surface area (Å²) in [6.45, 7) is 0. The lowest BCUT2D eigenvalue weighted by atomic mass is 9.85. The zero-order chi connectivity index (χ0) is 24.2. The summed E-state index contributed by atoms with van der Waals surface area (Å²) < 4.78 is 44.2. The number of imide groups is 1. The molecule has 0 N–H and O–H groups in total. The Bertz CT molecular complexity index is 1240. The summed E-state index contributed by atoms with van der Waals surface area (Å²) in [5.41, 5.74) is -1.11. The summed E-state index contributed by atoms with van der Waals surface area (Å²) >= 11 is 6.04. The number of esters is 1. The fourth-order valence-corrected chi connectivity index (χ4v) is 5.00. The number of alkyl halides is 3. The van der Waals surface area contributed by atoms with E-state index in [1.54, 1.807) is 0 Å². The number of benzene rings is 2. The second-order valence-corrected chi connectivity index (χ2v) is 8.82. The third-order valence-corrected chi connectivity index (χ3v) is 6.59. The summed E-state index contributed by atoms with van der Waals surface area (Å²) in [5.74, 6) is -2.61. The smallest absolute Gasteiger partial charge is 0.416 e. The van der Waals surface area contributed by atoms with Crippen LogP contribution in [0.25, 0.3) is 0 Å². The normalized spacial score (nSPS) is 25.5. The van der Waals surface area contributed by atoms with Crippen LogP contribution in [0.3, 0.4) is 0 Å². The quantitative estimate of drug-likeness (QED) is 0.205. The molecule has 34 heavy (non-hydrogen) atoms. The van der Waals surface area contributed by atoms with Crippen molar-refractivity contribution in [3.8, 4) is 5.75 Å². The van der Waals surface area contributed by atoms with Crippen LogP contribution in [0.1, 0.15) is 27.9 Å². The van der Waals surface area contributed by atoms with Gasteiger partial charge in [0.25, 0.3) is 11.8 Å². The highest BCUT2D eigenvalue weighted by Crippen LogP contribution is 2.52. The first-order valence-corrected chi connectivity index (χ1v) is 10.8. The highest BCUT2D eigenvalue weighted by atomic mass is 35.5. The molecule has 2 bridgehead atoms. The number of amides is 2. The Morgan fingerprint density at radius 1 is 1.06 bits per heavy atom. The van der Waals surface area contributed by atoms with E-state index >= 15 is 0 Å². The van der Waals surface area contributed by atoms with Gasteiger partial charge in [0.05, 0.1) is 29.2 Å². The SMILES string of the molecule is O=C(Oc1ccc(Cl)cc1C=NN1C(=O)[C@@H]2[C@H](C1=O)[C@H]1C=C[C@H]2C1)c1cccc(C(F)(F)F)c1. The maximum atomic E-state index is 13.0. The highest BCUT2D eigenvalue weighted by molar-refractivity contribution is 6.31. The van der Waals surface area contributed by atoms with Crippen molar-refractivity contribution in [1.82, 2.24) is 5.01 Å². The molecule has 1 aliphatic heterocycles. The fraction of sp³-hybridized carbons (Fsp3) is 0.250. The van der Waals surface area contributed by atoms with Crippen LogP contribution in [0.15, 0.2) is 59.7 Å². The highest BCUT2D eigenvalue weighted by Gasteiger charge is 2.59. The second kappa shape index (κ2) is 8.09. The van der Waals surface area contributed by atoms with E-state index in [1.165, 1.54) is 30.5 Å². The number of carbonyl (C=O) groups excluding carboxylic acids is 3. The van der Waals surface area contributed by atoms with E-state index in [0.29, 0.717) is 6.07 Å². The van der Waals surface area contributed by atoms with Crippen molar-refractivity contribution >= 4 is 35.6 Å².